The molecule has 23 heavy (non-hydrogen) atoms. The Kier molecular flexibility index (Phi) is 4.26. The molecule has 0 bridgehead atoms. The molecule has 3 atom stereocenters. The number of nitrogens with zero attached hydrogens (tertiary/aromatic N) is 1. The minimum Gasteiger partial charge on any atom is -0.457 e. The van der Waals surface area contributed by atoms with Gasteiger partial charge in [-0.25, -0.2) is 4.79 Å². The summed E-state index contributed by atoms with van der Waals surface area (Å²) in [5.74, 6) is 0.0338. The van der Waals surface area contributed by atoms with E-state index in [0.29, 0.717) is 6.04 Å². The Balaban J connectivity index is 1.98. The number of hydrogen-bond donors (Lipinski definition) is 0. The smallest absolute Gasteiger partial charge is 0.375 e. The monoisotopic (exact) mass is 313 g/mol. The molecule has 3 rings (SSSR count). The highest BCUT2D eigenvalue weighted by Crippen LogP contribution is 2.43. The number of esters is 1. The van der Waals surface area contributed by atoms with Gasteiger partial charge in [-0.3, -0.25) is 0 Å². The lowest BCUT2D eigenvalue weighted by molar-refractivity contribution is -0.100. The minimum atomic E-state index is -0.628. The van der Waals surface area contributed by atoms with Crippen molar-refractivity contribution < 1.29 is 13.9 Å². The van der Waals surface area contributed by atoms with Crippen LogP contribution in [-0.2, 0) is 10.3 Å². The van der Waals surface area contributed by atoms with Gasteiger partial charge in [0.2, 0.25) is 5.76 Å². The van der Waals surface area contributed by atoms with Crippen LogP contribution in [0.25, 0.3) is 0 Å². The van der Waals surface area contributed by atoms with Crippen molar-refractivity contribution in [3.63, 3.8) is 0 Å². The molecular weight excluding hydrogens is 290 g/mol. The van der Waals surface area contributed by atoms with Crippen LogP contribution in [-0.4, -0.2) is 30.5 Å². The zero-order valence-corrected chi connectivity index (χ0v) is 13.9. The van der Waals surface area contributed by atoms with Crippen molar-refractivity contribution in [1.82, 2.24) is 4.90 Å². The summed E-state index contributed by atoms with van der Waals surface area (Å²) in [5.41, 5.74) is 0.421. The fourth-order valence-electron chi connectivity index (χ4n) is 3.49. The number of carbonyl (C=O) groups excluding carboxylic acids is 1. The van der Waals surface area contributed by atoms with Gasteiger partial charge in [0.05, 0.1) is 6.26 Å². The molecule has 0 amide bonds. The van der Waals surface area contributed by atoms with Crippen LogP contribution in [0.2, 0.25) is 0 Å². The molecule has 1 aliphatic rings. The van der Waals surface area contributed by atoms with E-state index in [2.05, 4.69) is 25.8 Å². The van der Waals surface area contributed by atoms with Crippen LogP contribution in [0.1, 0.15) is 36.4 Å². The van der Waals surface area contributed by atoms with Crippen molar-refractivity contribution in [1.29, 1.82) is 0 Å². The van der Waals surface area contributed by atoms with E-state index in [9.17, 15) is 4.79 Å². The first-order valence-corrected chi connectivity index (χ1v) is 8.05. The third kappa shape index (κ3) is 2.91. The van der Waals surface area contributed by atoms with Gasteiger partial charge in [-0.05, 0) is 31.7 Å². The van der Waals surface area contributed by atoms with Gasteiger partial charge >= 0.3 is 5.97 Å². The quantitative estimate of drug-likeness (QED) is 0.811. The Morgan fingerprint density at radius 3 is 2.61 bits per heavy atom. The van der Waals surface area contributed by atoms with Gasteiger partial charge in [0, 0.05) is 24.9 Å². The molecule has 0 aliphatic carbocycles. The van der Waals surface area contributed by atoms with Crippen molar-refractivity contribution >= 4 is 5.97 Å². The fraction of sp³-hybridized carbons (Fsp3) is 0.421. The number of likely N-dealkylation sites (tertiary alicyclic amines) is 1. The number of ether oxygens (including phenoxy) is 1. The molecular formula is C19H23NO3. The van der Waals surface area contributed by atoms with Crippen LogP contribution in [0, 0.1) is 5.92 Å². The Hall–Kier alpha value is -2.07. The molecule has 4 nitrogen and oxygen atoms in total. The largest absolute Gasteiger partial charge is 0.457 e. The number of benzene rings is 1. The molecule has 122 valence electrons. The molecule has 1 aromatic heterocycles. The van der Waals surface area contributed by atoms with Gasteiger partial charge < -0.3 is 14.1 Å². The molecule has 0 saturated carbocycles. The Bertz CT molecular complexity index is 653. The van der Waals surface area contributed by atoms with Crippen molar-refractivity contribution in [2.24, 2.45) is 5.92 Å². The summed E-state index contributed by atoms with van der Waals surface area (Å²) in [6, 6.07) is 13.7. The first-order chi connectivity index (χ1) is 11.0. The molecule has 0 N–H and O–H groups in total. The van der Waals surface area contributed by atoms with Crippen LogP contribution < -0.4 is 0 Å². The average Bonchev–Trinajstić information content (AvgIpc) is 3.08. The maximum Gasteiger partial charge on any atom is 0.375 e. The molecule has 2 aromatic rings. The Morgan fingerprint density at radius 1 is 1.22 bits per heavy atom. The first kappa shape index (κ1) is 15.8. The van der Waals surface area contributed by atoms with Gasteiger partial charge in [0.25, 0.3) is 0 Å². The molecule has 0 radical (unpaired) electrons. The highest BCUT2D eigenvalue weighted by Gasteiger charge is 2.47. The number of carbonyl (C=O) groups is 1. The topological polar surface area (TPSA) is 42.7 Å². The van der Waals surface area contributed by atoms with E-state index in [4.69, 9.17) is 9.15 Å². The second-order valence-electron chi connectivity index (χ2n) is 6.52. The third-order valence-corrected chi connectivity index (χ3v) is 4.97. The number of hydrogen-bond acceptors (Lipinski definition) is 4. The lowest BCUT2D eigenvalue weighted by Gasteiger charge is -2.48. The molecule has 2 heterocycles. The van der Waals surface area contributed by atoms with Crippen LogP contribution in [0.4, 0.5) is 0 Å². The van der Waals surface area contributed by atoms with E-state index in [1.165, 1.54) is 6.26 Å². The average molecular weight is 313 g/mol. The molecule has 1 aliphatic heterocycles. The molecule has 4 heteroatoms. The van der Waals surface area contributed by atoms with Crippen LogP contribution in [0.5, 0.6) is 0 Å². The second kappa shape index (κ2) is 6.20. The predicted octanol–water partition coefficient (Wildman–Crippen LogP) is 3.69. The summed E-state index contributed by atoms with van der Waals surface area (Å²) in [4.78, 5) is 14.9. The Morgan fingerprint density at radius 2 is 1.96 bits per heavy atom. The van der Waals surface area contributed by atoms with Crippen molar-refractivity contribution in [3.8, 4) is 0 Å². The highest BCUT2D eigenvalue weighted by atomic mass is 16.6. The van der Waals surface area contributed by atoms with E-state index >= 15 is 0 Å². The predicted molar refractivity (Wildman–Crippen MR) is 88.1 cm³/mol. The summed E-state index contributed by atoms with van der Waals surface area (Å²) in [6.07, 6.45) is 2.26. The summed E-state index contributed by atoms with van der Waals surface area (Å²) < 4.78 is 11.3. The number of piperidine rings is 1. The highest BCUT2D eigenvalue weighted by molar-refractivity contribution is 5.86. The Labute approximate surface area is 137 Å². The lowest BCUT2D eigenvalue weighted by atomic mass is 9.74. The van der Waals surface area contributed by atoms with Crippen molar-refractivity contribution in [3.05, 3.63) is 60.1 Å². The summed E-state index contributed by atoms with van der Waals surface area (Å²) in [7, 11) is 2.12. The summed E-state index contributed by atoms with van der Waals surface area (Å²) >= 11 is 0. The summed E-state index contributed by atoms with van der Waals surface area (Å²) in [6.45, 7) is 5.19. The molecule has 1 saturated heterocycles. The van der Waals surface area contributed by atoms with Gasteiger partial charge in [-0.1, -0.05) is 37.3 Å². The van der Waals surface area contributed by atoms with Crippen LogP contribution in [0.3, 0.4) is 0 Å². The van der Waals surface area contributed by atoms with E-state index < -0.39 is 11.6 Å². The first-order valence-electron chi connectivity index (χ1n) is 8.05. The molecule has 1 aromatic carbocycles. The van der Waals surface area contributed by atoms with Crippen LogP contribution in [0.15, 0.2) is 53.1 Å². The third-order valence-electron chi connectivity index (χ3n) is 4.97. The SMILES string of the molecule is CC1CC(OC(=O)c2ccco2)(c2ccccc2)C(C)CN1C. The maximum atomic E-state index is 12.6. The standard InChI is InChI=1S/C19H23NO3/c1-14-13-20(3)15(2)12-19(14,16-8-5-4-6-9-16)23-18(21)17-10-7-11-22-17/h4-11,14-15H,12-13H2,1-3H3. The van der Waals surface area contributed by atoms with E-state index in [0.717, 1.165) is 18.5 Å². The van der Waals surface area contributed by atoms with Gasteiger partial charge in [0.15, 0.2) is 0 Å². The second-order valence-corrected chi connectivity index (χ2v) is 6.52. The van der Waals surface area contributed by atoms with Crippen molar-refractivity contribution in [2.75, 3.05) is 13.6 Å². The van der Waals surface area contributed by atoms with Crippen molar-refractivity contribution in [2.45, 2.75) is 31.9 Å². The number of furan rings is 1. The normalized spacial score (nSPS) is 28.5. The van der Waals surface area contributed by atoms with E-state index in [-0.39, 0.29) is 11.7 Å². The zero-order chi connectivity index (χ0) is 16.4. The number of rotatable bonds is 3. The van der Waals surface area contributed by atoms with Gasteiger partial charge in [-0.15, -0.1) is 0 Å². The molecule has 3 unspecified atom stereocenters. The maximum absolute atomic E-state index is 12.6. The zero-order valence-electron chi connectivity index (χ0n) is 13.9. The minimum absolute atomic E-state index is 0.185. The van der Waals surface area contributed by atoms with Gasteiger partial charge in [0.1, 0.15) is 5.60 Å². The lowest BCUT2D eigenvalue weighted by Crippen LogP contribution is -2.53. The van der Waals surface area contributed by atoms with E-state index in [1.807, 2.05) is 30.3 Å². The summed E-state index contributed by atoms with van der Waals surface area (Å²) in [5, 5.41) is 0. The molecule has 0 spiro atoms. The molecule has 1 fully saturated rings. The van der Waals surface area contributed by atoms with Gasteiger partial charge in [-0.2, -0.15) is 0 Å². The fourth-order valence-corrected chi connectivity index (χ4v) is 3.49. The van der Waals surface area contributed by atoms with Crippen LogP contribution >= 0.6 is 0 Å². The van der Waals surface area contributed by atoms with E-state index in [1.54, 1.807) is 12.1 Å².